The predicted octanol–water partition coefficient (Wildman–Crippen LogP) is 0.873. The highest BCUT2D eigenvalue weighted by Crippen LogP contribution is 2.21. The van der Waals surface area contributed by atoms with E-state index < -0.39 is 17.6 Å². The number of nitro groups is 1. The third kappa shape index (κ3) is 7.94. The molecule has 1 unspecified atom stereocenters. The monoisotopic (exact) mass is 427 g/mol. The van der Waals surface area contributed by atoms with Gasteiger partial charge in [-0.1, -0.05) is 0 Å². The molecule has 0 bridgehead atoms. The molecule has 152 valence electrons. The minimum atomic E-state index is -0.947. The van der Waals surface area contributed by atoms with Gasteiger partial charge in [0.2, 0.25) is 5.13 Å². The van der Waals surface area contributed by atoms with Crippen LogP contribution in [0.25, 0.3) is 0 Å². The molecule has 0 fully saturated rings. The van der Waals surface area contributed by atoms with Crippen LogP contribution < -0.4 is 16.8 Å². The summed E-state index contributed by atoms with van der Waals surface area (Å²) < 4.78 is 5.08. The zero-order valence-corrected chi connectivity index (χ0v) is 16.5. The van der Waals surface area contributed by atoms with E-state index in [4.69, 9.17) is 15.9 Å². The molecule has 11 nitrogen and oxygen atoms in total. The van der Waals surface area contributed by atoms with E-state index in [1.54, 1.807) is 23.9 Å². The van der Waals surface area contributed by atoms with Crippen LogP contribution in [0.5, 0.6) is 0 Å². The lowest BCUT2D eigenvalue weighted by Crippen LogP contribution is -2.32. The van der Waals surface area contributed by atoms with Crippen molar-refractivity contribution in [2.75, 3.05) is 25.4 Å². The molecule has 0 radical (unpaired) electrons. The van der Waals surface area contributed by atoms with Crippen LogP contribution in [0.1, 0.15) is 17.6 Å². The SMILES string of the molecule is NC(N)=Nc1nc(CSCCNC(C[N+](=O)[O-])=NCC(O)c2ccco2)cs1. The van der Waals surface area contributed by atoms with Gasteiger partial charge in [-0.25, -0.2) is 4.98 Å². The Morgan fingerprint density at radius 3 is 3.04 bits per heavy atom. The minimum absolute atomic E-state index is 0.0246. The molecule has 2 heterocycles. The van der Waals surface area contributed by atoms with Gasteiger partial charge in [0.05, 0.1) is 18.5 Å². The quantitative estimate of drug-likeness (QED) is 0.133. The molecule has 0 amide bonds. The van der Waals surface area contributed by atoms with Crippen LogP contribution in [0.2, 0.25) is 0 Å². The summed E-state index contributed by atoms with van der Waals surface area (Å²) in [5.74, 6) is 1.89. The van der Waals surface area contributed by atoms with Gasteiger partial charge < -0.3 is 26.3 Å². The molecule has 0 aliphatic carbocycles. The molecule has 2 aromatic rings. The normalized spacial score (nSPS) is 12.5. The molecular formula is C15H21N7O4S2. The Labute approximate surface area is 169 Å². The summed E-state index contributed by atoms with van der Waals surface area (Å²) in [6.07, 6.45) is 0.496. The molecule has 2 aromatic heterocycles. The van der Waals surface area contributed by atoms with E-state index in [9.17, 15) is 15.2 Å². The highest BCUT2D eigenvalue weighted by Gasteiger charge is 2.12. The van der Waals surface area contributed by atoms with E-state index in [-0.39, 0.29) is 18.3 Å². The first-order valence-electron chi connectivity index (χ1n) is 8.16. The van der Waals surface area contributed by atoms with Crippen LogP contribution in [0, 0.1) is 10.1 Å². The van der Waals surface area contributed by atoms with Gasteiger partial charge in [0.15, 0.2) is 11.8 Å². The number of rotatable bonds is 11. The van der Waals surface area contributed by atoms with Crippen molar-refractivity contribution < 1.29 is 14.4 Å². The Hall–Kier alpha value is -2.64. The third-order valence-electron chi connectivity index (χ3n) is 3.20. The zero-order valence-electron chi connectivity index (χ0n) is 14.9. The second-order valence-electron chi connectivity index (χ2n) is 5.45. The molecule has 2 rings (SSSR count). The van der Waals surface area contributed by atoms with Crippen LogP contribution in [-0.4, -0.2) is 52.2 Å². The number of furan rings is 1. The number of aliphatic hydroxyl groups excluding tert-OH is 1. The number of thiazole rings is 1. The molecule has 0 aliphatic heterocycles. The molecule has 1 atom stereocenters. The Morgan fingerprint density at radius 1 is 1.54 bits per heavy atom. The van der Waals surface area contributed by atoms with E-state index in [0.717, 1.165) is 5.69 Å². The van der Waals surface area contributed by atoms with Gasteiger partial charge in [-0.05, 0) is 12.1 Å². The zero-order chi connectivity index (χ0) is 20.4. The highest BCUT2D eigenvalue weighted by molar-refractivity contribution is 7.98. The van der Waals surface area contributed by atoms with E-state index in [2.05, 4.69) is 20.3 Å². The van der Waals surface area contributed by atoms with E-state index >= 15 is 0 Å². The molecule has 0 aliphatic rings. The fourth-order valence-corrected chi connectivity index (χ4v) is 3.58. The predicted molar refractivity (Wildman–Crippen MR) is 110 cm³/mol. The van der Waals surface area contributed by atoms with Gasteiger partial charge in [0, 0.05) is 28.4 Å². The van der Waals surface area contributed by atoms with Crippen LogP contribution in [0.3, 0.4) is 0 Å². The summed E-state index contributed by atoms with van der Waals surface area (Å²) in [4.78, 5) is 22.6. The van der Waals surface area contributed by atoms with E-state index in [1.165, 1.54) is 17.6 Å². The Kier molecular flexibility index (Phi) is 8.71. The summed E-state index contributed by atoms with van der Waals surface area (Å²) in [6, 6.07) is 3.27. The molecular weight excluding hydrogens is 406 g/mol. The molecule has 0 aromatic carbocycles. The molecule has 28 heavy (non-hydrogen) atoms. The standard InChI is InChI=1S/C15H21N7O4S2/c16-14(17)21-15-20-10(9-28-15)8-27-5-3-18-13(7-22(24)25)19-6-11(23)12-2-1-4-26-12/h1-2,4,9,11,23H,3,5-8H2,(H,18,19)(H4,16,17,20,21). The maximum Gasteiger partial charge on any atom is 0.259 e. The van der Waals surface area contributed by atoms with Crippen molar-refractivity contribution in [2.24, 2.45) is 21.5 Å². The Balaban J connectivity index is 1.75. The van der Waals surface area contributed by atoms with Crippen molar-refractivity contribution in [2.45, 2.75) is 11.9 Å². The number of aliphatic imine (C=N–C) groups is 2. The largest absolute Gasteiger partial charge is 0.467 e. The number of nitrogens with one attached hydrogen (secondary N) is 1. The average Bonchev–Trinajstić information content (AvgIpc) is 3.30. The van der Waals surface area contributed by atoms with Crippen LogP contribution in [-0.2, 0) is 5.75 Å². The lowest BCUT2D eigenvalue weighted by atomic mass is 10.3. The number of thioether (sulfide) groups is 1. The fraction of sp³-hybridized carbons (Fsp3) is 0.400. The van der Waals surface area contributed by atoms with Gasteiger partial charge in [-0.15, -0.1) is 11.3 Å². The van der Waals surface area contributed by atoms with Crippen molar-refractivity contribution in [1.29, 1.82) is 0 Å². The number of guanidine groups is 1. The van der Waals surface area contributed by atoms with Crippen LogP contribution in [0.4, 0.5) is 5.13 Å². The lowest BCUT2D eigenvalue weighted by Gasteiger charge is -2.08. The van der Waals surface area contributed by atoms with Crippen molar-refractivity contribution in [1.82, 2.24) is 10.3 Å². The van der Waals surface area contributed by atoms with Gasteiger partial charge >= 0.3 is 0 Å². The van der Waals surface area contributed by atoms with Gasteiger partial charge in [0.1, 0.15) is 11.9 Å². The summed E-state index contributed by atoms with van der Waals surface area (Å²) >= 11 is 2.95. The summed E-state index contributed by atoms with van der Waals surface area (Å²) in [7, 11) is 0. The molecule has 6 N–H and O–H groups in total. The van der Waals surface area contributed by atoms with Gasteiger partial charge in [-0.3, -0.25) is 15.1 Å². The number of aromatic nitrogens is 1. The topological polar surface area (TPSA) is 178 Å². The van der Waals surface area contributed by atoms with Crippen LogP contribution in [0.15, 0.2) is 38.2 Å². The summed E-state index contributed by atoms with van der Waals surface area (Å²) in [5.41, 5.74) is 11.5. The number of nitrogens with two attached hydrogens (primary N) is 2. The number of amidine groups is 1. The van der Waals surface area contributed by atoms with Crippen LogP contribution >= 0.6 is 23.1 Å². The van der Waals surface area contributed by atoms with Crippen molar-refractivity contribution in [3.8, 4) is 0 Å². The lowest BCUT2D eigenvalue weighted by molar-refractivity contribution is -0.463. The van der Waals surface area contributed by atoms with Crippen molar-refractivity contribution in [3.05, 3.63) is 45.3 Å². The average molecular weight is 428 g/mol. The number of hydrogen-bond acceptors (Lipinski definition) is 9. The number of hydrogen-bond donors (Lipinski definition) is 4. The first kappa shape index (κ1) is 21.7. The molecule has 13 heteroatoms. The summed E-state index contributed by atoms with van der Waals surface area (Å²) in [6.45, 7) is 0.0196. The maximum atomic E-state index is 10.8. The number of nitrogens with zero attached hydrogens (tertiary/aromatic N) is 4. The highest BCUT2D eigenvalue weighted by atomic mass is 32.2. The first-order chi connectivity index (χ1) is 13.4. The summed E-state index contributed by atoms with van der Waals surface area (Å²) in [5, 5.41) is 26.1. The van der Waals surface area contributed by atoms with Gasteiger partial charge in [0.25, 0.3) is 6.54 Å². The van der Waals surface area contributed by atoms with E-state index in [1.807, 2.05) is 5.38 Å². The maximum absolute atomic E-state index is 10.8. The second kappa shape index (κ2) is 11.3. The molecule has 0 saturated heterocycles. The van der Waals surface area contributed by atoms with Crippen molar-refractivity contribution >= 4 is 40.0 Å². The number of aliphatic hydroxyl groups is 1. The van der Waals surface area contributed by atoms with E-state index in [0.29, 0.717) is 28.9 Å². The van der Waals surface area contributed by atoms with Crippen molar-refractivity contribution in [3.63, 3.8) is 0 Å². The molecule has 0 spiro atoms. The second-order valence-corrected chi connectivity index (χ2v) is 7.39. The minimum Gasteiger partial charge on any atom is -0.467 e. The van der Waals surface area contributed by atoms with Gasteiger partial charge in [-0.2, -0.15) is 16.8 Å². The smallest absolute Gasteiger partial charge is 0.259 e. The molecule has 0 saturated carbocycles. The fourth-order valence-electron chi connectivity index (χ4n) is 2.02. The first-order valence-corrected chi connectivity index (χ1v) is 10.2. The Bertz CT molecular complexity index is 803. The Morgan fingerprint density at radius 2 is 2.36 bits per heavy atom. The third-order valence-corrected chi connectivity index (χ3v) is 4.97.